The number of carbonyl (C=O) groups excluding carboxylic acids is 2. The van der Waals surface area contributed by atoms with E-state index in [1.165, 1.54) is 24.3 Å². The second kappa shape index (κ2) is 7.65. The van der Waals surface area contributed by atoms with Crippen LogP contribution in [0, 0.1) is 16.0 Å². The first-order valence-corrected chi connectivity index (χ1v) is 8.13. The molecule has 27 heavy (non-hydrogen) atoms. The lowest BCUT2D eigenvalue weighted by Crippen LogP contribution is -2.31. The van der Waals surface area contributed by atoms with E-state index < -0.39 is 11.0 Å². The Balaban J connectivity index is 1.67. The molecule has 1 heterocycles. The summed E-state index contributed by atoms with van der Waals surface area (Å²) in [6.07, 6.45) is -0.478. The van der Waals surface area contributed by atoms with Crippen LogP contribution in [-0.2, 0) is 4.79 Å². The van der Waals surface area contributed by atoms with E-state index in [1.54, 1.807) is 24.3 Å². The number of hydrogen-bond donors (Lipinski definition) is 2. The molecule has 9 heteroatoms. The number of hydrazone groups is 1. The Kier molecular flexibility index (Phi) is 5.11. The number of hydrogen-bond acceptors (Lipinski definition) is 6. The number of anilines is 1. The molecule has 1 unspecified atom stereocenters. The number of rotatable bonds is 4. The Morgan fingerprint density at radius 3 is 2.63 bits per heavy atom. The Morgan fingerprint density at radius 1 is 1.26 bits per heavy atom. The summed E-state index contributed by atoms with van der Waals surface area (Å²) in [5, 5.41) is 17.5. The number of amides is 2. The zero-order valence-electron chi connectivity index (χ0n) is 14.3. The molecule has 2 aromatic rings. The lowest BCUT2D eigenvalue weighted by molar-refractivity contribution is -0.385. The van der Waals surface area contributed by atoms with Gasteiger partial charge in [-0.25, -0.2) is 10.2 Å². The first-order valence-electron chi connectivity index (χ1n) is 8.13. The molecular formula is C18H16N4O5. The fourth-order valence-corrected chi connectivity index (χ4v) is 2.66. The number of para-hydroxylation sites is 2. The van der Waals surface area contributed by atoms with Crippen LogP contribution in [0.4, 0.5) is 16.2 Å². The second-order valence-electron chi connectivity index (χ2n) is 5.95. The van der Waals surface area contributed by atoms with E-state index in [1.807, 2.05) is 6.92 Å². The Labute approximate surface area is 154 Å². The molecule has 2 N–H and O–H groups in total. The van der Waals surface area contributed by atoms with Crippen molar-refractivity contribution in [2.45, 2.75) is 13.3 Å². The van der Waals surface area contributed by atoms with Crippen LogP contribution in [0.2, 0.25) is 0 Å². The minimum atomic E-state index is -0.840. The monoisotopic (exact) mass is 368 g/mol. The molecule has 0 radical (unpaired) electrons. The standard InChI is InChI=1S/C18H16N4O5/c1-11-10-16(23)20-21-17(11)12-6-8-13(9-7-12)19-18(24)27-15-5-3-2-4-14(15)22(25)26/h2-9,11H,10H2,1H3,(H,19,24)(H,20,23). The molecule has 9 nitrogen and oxygen atoms in total. The van der Waals surface area contributed by atoms with Gasteiger partial charge in [-0.1, -0.05) is 31.2 Å². The highest BCUT2D eigenvalue weighted by molar-refractivity contribution is 6.06. The third-order valence-corrected chi connectivity index (χ3v) is 3.95. The first-order chi connectivity index (χ1) is 12.9. The quantitative estimate of drug-likeness (QED) is 0.634. The van der Waals surface area contributed by atoms with Crippen molar-refractivity contribution in [2.24, 2.45) is 11.0 Å². The number of nitrogens with one attached hydrogen (secondary N) is 2. The number of nitro groups is 1. The summed E-state index contributed by atoms with van der Waals surface area (Å²) >= 11 is 0. The third-order valence-electron chi connectivity index (χ3n) is 3.95. The molecule has 0 saturated carbocycles. The van der Waals surface area contributed by atoms with Crippen LogP contribution < -0.4 is 15.5 Å². The van der Waals surface area contributed by atoms with Gasteiger partial charge in [0.05, 0.1) is 10.6 Å². The van der Waals surface area contributed by atoms with E-state index in [2.05, 4.69) is 15.8 Å². The van der Waals surface area contributed by atoms with Gasteiger partial charge in [-0.2, -0.15) is 5.10 Å². The average Bonchev–Trinajstić information content (AvgIpc) is 2.63. The summed E-state index contributed by atoms with van der Waals surface area (Å²) in [6, 6.07) is 12.4. The van der Waals surface area contributed by atoms with Crippen LogP contribution in [0.15, 0.2) is 53.6 Å². The van der Waals surface area contributed by atoms with Crippen molar-refractivity contribution in [1.29, 1.82) is 0 Å². The Bertz CT molecular complexity index is 924. The van der Waals surface area contributed by atoms with Gasteiger partial charge >= 0.3 is 11.8 Å². The zero-order valence-corrected chi connectivity index (χ0v) is 14.3. The SMILES string of the molecule is CC1CC(=O)NN=C1c1ccc(NC(=O)Oc2ccccc2[N+](=O)[O-])cc1. The highest BCUT2D eigenvalue weighted by atomic mass is 16.6. The molecule has 138 valence electrons. The smallest absolute Gasteiger partial charge is 0.403 e. The highest BCUT2D eigenvalue weighted by Crippen LogP contribution is 2.26. The summed E-state index contributed by atoms with van der Waals surface area (Å²) in [5.41, 5.74) is 4.18. The Morgan fingerprint density at radius 2 is 1.96 bits per heavy atom. The van der Waals surface area contributed by atoms with Gasteiger partial charge in [0.25, 0.3) is 0 Å². The molecule has 0 bridgehead atoms. The zero-order chi connectivity index (χ0) is 19.4. The van der Waals surface area contributed by atoms with Crippen LogP contribution in [0.5, 0.6) is 5.75 Å². The highest BCUT2D eigenvalue weighted by Gasteiger charge is 2.21. The van der Waals surface area contributed by atoms with Crippen LogP contribution in [0.1, 0.15) is 18.9 Å². The van der Waals surface area contributed by atoms with Crippen molar-refractivity contribution in [2.75, 3.05) is 5.32 Å². The molecule has 0 spiro atoms. The largest absolute Gasteiger partial charge is 0.417 e. The predicted octanol–water partition coefficient (Wildman–Crippen LogP) is 3.07. The fourth-order valence-electron chi connectivity index (χ4n) is 2.66. The summed E-state index contributed by atoms with van der Waals surface area (Å²) in [7, 11) is 0. The van der Waals surface area contributed by atoms with Crippen LogP contribution >= 0.6 is 0 Å². The van der Waals surface area contributed by atoms with E-state index in [4.69, 9.17) is 4.74 Å². The first kappa shape index (κ1) is 18.1. The van der Waals surface area contributed by atoms with Gasteiger partial charge in [-0.15, -0.1) is 0 Å². The third kappa shape index (κ3) is 4.27. The summed E-state index contributed by atoms with van der Waals surface area (Å²) < 4.78 is 5.02. The van der Waals surface area contributed by atoms with Gasteiger partial charge in [0, 0.05) is 24.1 Å². The van der Waals surface area contributed by atoms with E-state index in [0.29, 0.717) is 12.1 Å². The molecule has 2 amide bonds. The minimum absolute atomic E-state index is 0.0128. The van der Waals surface area contributed by atoms with Crippen molar-refractivity contribution in [3.8, 4) is 5.75 Å². The number of nitro benzene ring substituents is 1. The number of ether oxygens (including phenoxy) is 1. The van der Waals surface area contributed by atoms with Crippen molar-refractivity contribution in [3.05, 3.63) is 64.2 Å². The minimum Gasteiger partial charge on any atom is -0.403 e. The van der Waals surface area contributed by atoms with Gasteiger partial charge in [-0.05, 0) is 23.8 Å². The van der Waals surface area contributed by atoms with Crippen molar-refractivity contribution >= 4 is 29.1 Å². The van der Waals surface area contributed by atoms with Crippen LogP contribution in [0.25, 0.3) is 0 Å². The normalized spacial score (nSPS) is 16.1. The van der Waals surface area contributed by atoms with Gasteiger partial charge in [0.2, 0.25) is 11.7 Å². The number of benzene rings is 2. The van der Waals surface area contributed by atoms with E-state index in [9.17, 15) is 19.7 Å². The number of carbonyl (C=O) groups is 2. The van der Waals surface area contributed by atoms with Gasteiger partial charge in [-0.3, -0.25) is 20.2 Å². The average molecular weight is 368 g/mol. The van der Waals surface area contributed by atoms with E-state index in [-0.39, 0.29) is 23.3 Å². The molecular weight excluding hydrogens is 352 g/mol. The molecule has 0 saturated heterocycles. The molecule has 0 fully saturated rings. The summed E-state index contributed by atoms with van der Waals surface area (Å²) in [5.74, 6) is -0.277. The fraction of sp³-hybridized carbons (Fsp3) is 0.167. The lowest BCUT2D eigenvalue weighted by atomic mass is 9.94. The van der Waals surface area contributed by atoms with E-state index >= 15 is 0 Å². The molecule has 1 atom stereocenters. The van der Waals surface area contributed by atoms with Crippen LogP contribution in [0.3, 0.4) is 0 Å². The van der Waals surface area contributed by atoms with Gasteiger partial charge in [0.1, 0.15) is 0 Å². The topological polar surface area (TPSA) is 123 Å². The Hall–Kier alpha value is -3.75. The molecule has 1 aliphatic rings. The second-order valence-corrected chi connectivity index (χ2v) is 5.95. The van der Waals surface area contributed by atoms with Crippen molar-refractivity contribution in [1.82, 2.24) is 5.43 Å². The maximum absolute atomic E-state index is 12.0. The molecule has 1 aliphatic heterocycles. The van der Waals surface area contributed by atoms with E-state index in [0.717, 1.165) is 11.3 Å². The lowest BCUT2D eigenvalue weighted by Gasteiger charge is -2.19. The molecule has 2 aromatic carbocycles. The summed E-state index contributed by atoms with van der Waals surface area (Å²) in [6.45, 7) is 1.91. The van der Waals surface area contributed by atoms with Gasteiger partial charge < -0.3 is 4.74 Å². The maximum Gasteiger partial charge on any atom is 0.417 e. The van der Waals surface area contributed by atoms with Crippen molar-refractivity contribution < 1.29 is 19.2 Å². The van der Waals surface area contributed by atoms with Crippen LogP contribution in [-0.4, -0.2) is 22.6 Å². The van der Waals surface area contributed by atoms with Gasteiger partial charge in [0.15, 0.2) is 0 Å². The molecule has 0 aromatic heterocycles. The molecule has 0 aliphatic carbocycles. The maximum atomic E-state index is 12.0. The van der Waals surface area contributed by atoms with Crippen molar-refractivity contribution in [3.63, 3.8) is 0 Å². The molecule has 3 rings (SSSR count). The predicted molar refractivity (Wildman–Crippen MR) is 97.6 cm³/mol. The summed E-state index contributed by atoms with van der Waals surface area (Å²) in [4.78, 5) is 33.7. The number of nitrogens with zero attached hydrogens (tertiary/aromatic N) is 2.